The number of carbonyl (C=O) groups is 1. The molecule has 0 spiro atoms. The first-order valence-corrected chi connectivity index (χ1v) is 6.15. The number of carboxylic acid groups (broad SMARTS) is 1. The molecule has 0 heterocycles. The van der Waals surface area contributed by atoms with E-state index in [1.165, 1.54) is 5.56 Å². The van der Waals surface area contributed by atoms with Gasteiger partial charge in [-0.1, -0.05) is 30.3 Å². The van der Waals surface area contributed by atoms with Crippen LogP contribution in [-0.2, 0) is 11.2 Å². The molecule has 92 valence electrons. The van der Waals surface area contributed by atoms with Crippen molar-refractivity contribution in [2.75, 3.05) is 13.6 Å². The molecule has 1 N–H and O–H groups in total. The highest BCUT2D eigenvalue weighted by Crippen LogP contribution is 2.35. The molecular formula is C14H19NO2. The first-order chi connectivity index (χ1) is 8.18. The summed E-state index contributed by atoms with van der Waals surface area (Å²) in [4.78, 5) is 13.2. The lowest BCUT2D eigenvalue weighted by Crippen LogP contribution is -2.41. The molecule has 17 heavy (non-hydrogen) atoms. The Morgan fingerprint density at radius 3 is 2.59 bits per heavy atom. The molecule has 0 amide bonds. The molecule has 3 heteroatoms. The van der Waals surface area contributed by atoms with Crippen molar-refractivity contribution in [2.24, 2.45) is 5.92 Å². The summed E-state index contributed by atoms with van der Waals surface area (Å²) < 4.78 is 0. The van der Waals surface area contributed by atoms with Crippen LogP contribution in [0.4, 0.5) is 0 Å². The zero-order chi connectivity index (χ0) is 12.3. The minimum absolute atomic E-state index is 0.293. The number of hydrogen-bond donors (Lipinski definition) is 1. The second-order valence-electron chi connectivity index (χ2n) is 4.84. The Balaban J connectivity index is 1.87. The van der Waals surface area contributed by atoms with Crippen LogP contribution in [0.5, 0.6) is 0 Å². The van der Waals surface area contributed by atoms with E-state index in [0.29, 0.717) is 5.92 Å². The van der Waals surface area contributed by atoms with E-state index in [0.717, 1.165) is 25.8 Å². The first kappa shape index (κ1) is 12.1. The average Bonchev–Trinajstić information content (AvgIpc) is 3.12. The van der Waals surface area contributed by atoms with Crippen molar-refractivity contribution in [1.29, 1.82) is 0 Å². The predicted octanol–water partition coefficient (Wildman–Crippen LogP) is 2.02. The highest BCUT2D eigenvalue weighted by molar-refractivity contribution is 5.74. The number of aliphatic carboxylic acids is 1. The lowest BCUT2D eigenvalue weighted by atomic mass is 10.1. The van der Waals surface area contributed by atoms with Crippen LogP contribution in [0.15, 0.2) is 30.3 Å². The van der Waals surface area contributed by atoms with E-state index in [-0.39, 0.29) is 6.04 Å². The predicted molar refractivity (Wildman–Crippen MR) is 66.9 cm³/mol. The van der Waals surface area contributed by atoms with Crippen LogP contribution in [-0.4, -0.2) is 35.6 Å². The number of likely N-dealkylation sites (N-methyl/N-ethyl adjacent to an activating group) is 1. The van der Waals surface area contributed by atoms with Crippen LogP contribution in [0.25, 0.3) is 0 Å². The molecule has 1 atom stereocenters. The van der Waals surface area contributed by atoms with Crippen molar-refractivity contribution in [1.82, 2.24) is 4.90 Å². The van der Waals surface area contributed by atoms with E-state index in [9.17, 15) is 9.90 Å². The minimum atomic E-state index is -0.678. The fourth-order valence-corrected chi connectivity index (χ4v) is 2.25. The third-order valence-electron chi connectivity index (χ3n) is 3.39. The average molecular weight is 233 g/mol. The highest BCUT2D eigenvalue weighted by atomic mass is 16.4. The van der Waals surface area contributed by atoms with E-state index >= 15 is 0 Å². The highest BCUT2D eigenvalue weighted by Gasteiger charge is 2.38. The standard InChI is InChI=1S/C14H19NO2/c1-15(13(14(16)17)12-7-8-12)10-9-11-5-3-2-4-6-11/h2-6,12-13H,7-10H2,1H3,(H,16,17). The van der Waals surface area contributed by atoms with Gasteiger partial charge in [0.25, 0.3) is 0 Å². The zero-order valence-electron chi connectivity index (χ0n) is 10.2. The maximum absolute atomic E-state index is 11.2. The van der Waals surface area contributed by atoms with Gasteiger partial charge >= 0.3 is 5.97 Å². The van der Waals surface area contributed by atoms with Crippen molar-refractivity contribution >= 4 is 5.97 Å². The molecule has 1 aromatic carbocycles. The van der Waals surface area contributed by atoms with Gasteiger partial charge in [-0.05, 0) is 37.8 Å². The molecule has 1 aliphatic rings. The summed E-state index contributed by atoms with van der Waals surface area (Å²) in [6.45, 7) is 0.803. The lowest BCUT2D eigenvalue weighted by molar-refractivity contribution is -0.143. The maximum Gasteiger partial charge on any atom is 0.321 e. The number of hydrogen-bond acceptors (Lipinski definition) is 2. The van der Waals surface area contributed by atoms with E-state index in [4.69, 9.17) is 0 Å². The third-order valence-corrected chi connectivity index (χ3v) is 3.39. The van der Waals surface area contributed by atoms with Gasteiger partial charge in [0.15, 0.2) is 0 Å². The summed E-state index contributed by atoms with van der Waals surface area (Å²) in [5.41, 5.74) is 1.26. The van der Waals surface area contributed by atoms with Crippen LogP contribution in [0.1, 0.15) is 18.4 Å². The van der Waals surface area contributed by atoms with Crippen molar-refractivity contribution in [3.8, 4) is 0 Å². The summed E-state index contributed by atoms with van der Waals surface area (Å²) in [7, 11) is 1.92. The van der Waals surface area contributed by atoms with Gasteiger partial charge in [0.2, 0.25) is 0 Å². The van der Waals surface area contributed by atoms with Gasteiger partial charge < -0.3 is 5.11 Å². The van der Waals surface area contributed by atoms with Crippen LogP contribution in [0, 0.1) is 5.92 Å². The Morgan fingerprint density at radius 2 is 2.06 bits per heavy atom. The SMILES string of the molecule is CN(CCc1ccccc1)C(C(=O)O)C1CC1. The third kappa shape index (κ3) is 3.30. The van der Waals surface area contributed by atoms with Crippen LogP contribution >= 0.6 is 0 Å². The smallest absolute Gasteiger partial charge is 0.321 e. The Labute approximate surface area is 102 Å². The second-order valence-corrected chi connectivity index (χ2v) is 4.84. The Morgan fingerprint density at radius 1 is 1.41 bits per heavy atom. The number of rotatable bonds is 6. The van der Waals surface area contributed by atoms with Crippen molar-refractivity contribution in [3.63, 3.8) is 0 Å². The molecule has 3 nitrogen and oxygen atoms in total. The van der Waals surface area contributed by atoms with E-state index in [1.807, 2.05) is 30.1 Å². The van der Waals surface area contributed by atoms with Gasteiger partial charge in [-0.3, -0.25) is 9.69 Å². The normalized spacial score (nSPS) is 17.1. The van der Waals surface area contributed by atoms with Gasteiger partial charge in [-0.15, -0.1) is 0 Å². The number of benzene rings is 1. The Hall–Kier alpha value is -1.35. The molecule has 1 aliphatic carbocycles. The van der Waals surface area contributed by atoms with Gasteiger partial charge in [0.05, 0.1) is 0 Å². The van der Waals surface area contributed by atoms with Crippen LogP contribution in [0.2, 0.25) is 0 Å². The monoisotopic (exact) mass is 233 g/mol. The molecule has 1 unspecified atom stereocenters. The Kier molecular flexibility index (Phi) is 3.79. The lowest BCUT2D eigenvalue weighted by Gasteiger charge is -2.24. The fourth-order valence-electron chi connectivity index (χ4n) is 2.25. The van der Waals surface area contributed by atoms with E-state index < -0.39 is 5.97 Å². The molecule has 2 rings (SSSR count). The molecule has 0 saturated heterocycles. The summed E-state index contributed by atoms with van der Waals surface area (Å²) in [6, 6.07) is 9.91. The summed E-state index contributed by atoms with van der Waals surface area (Å²) in [6.07, 6.45) is 3.03. The quantitative estimate of drug-likeness (QED) is 0.817. The summed E-state index contributed by atoms with van der Waals surface area (Å²) in [5, 5.41) is 9.21. The van der Waals surface area contributed by atoms with E-state index in [1.54, 1.807) is 0 Å². The largest absolute Gasteiger partial charge is 0.480 e. The Bertz CT molecular complexity index is 373. The van der Waals surface area contributed by atoms with Crippen molar-refractivity contribution in [3.05, 3.63) is 35.9 Å². The van der Waals surface area contributed by atoms with Crippen molar-refractivity contribution in [2.45, 2.75) is 25.3 Å². The molecular weight excluding hydrogens is 214 g/mol. The molecule has 1 saturated carbocycles. The fraction of sp³-hybridized carbons (Fsp3) is 0.500. The summed E-state index contributed by atoms with van der Waals surface area (Å²) >= 11 is 0. The minimum Gasteiger partial charge on any atom is -0.480 e. The molecule has 0 aromatic heterocycles. The molecule has 1 fully saturated rings. The molecule has 0 aliphatic heterocycles. The van der Waals surface area contributed by atoms with Crippen LogP contribution < -0.4 is 0 Å². The first-order valence-electron chi connectivity index (χ1n) is 6.15. The summed E-state index contributed by atoms with van der Waals surface area (Å²) in [5.74, 6) is -0.309. The van der Waals surface area contributed by atoms with E-state index in [2.05, 4.69) is 12.1 Å². The van der Waals surface area contributed by atoms with Crippen molar-refractivity contribution < 1.29 is 9.90 Å². The van der Waals surface area contributed by atoms with Gasteiger partial charge in [0.1, 0.15) is 6.04 Å². The molecule has 1 aromatic rings. The molecule has 0 radical (unpaired) electrons. The van der Waals surface area contributed by atoms with Gasteiger partial charge in [0, 0.05) is 6.54 Å². The maximum atomic E-state index is 11.2. The van der Waals surface area contributed by atoms with Crippen LogP contribution in [0.3, 0.4) is 0 Å². The topological polar surface area (TPSA) is 40.5 Å². The zero-order valence-corrected chi connectivity index (χ0v) is 10.2. The van der Waals surface area contributed by atoms with Gasteiger partial charge in [-0.2, -0.15) is 0 Å². The second kappa shape index (κ2) is 5.32. The number of nitrogens with zero attached hydrogens (tertiary/aromatic N) is 1. The van der Waals surface area contributed by atoms with Gasteiger partial charge in [-0.25, -0.2) is 0 Å². The number of carboxylic acids is 1. The molecule has 0 bridgehead atoms.